The fourth-order valence-corrected chi connectivity index (χ4v) is 5.57. The van der Waals surface area contributed by atoms with E-state index >= 15 is 0 Å². The van der Waals surface area contributed by atoms with Gasteiger partial charge in [-0.15, -0.1) is 11.3 Å². The molecule has 0 spiro atoms. The fourth-order valence-electron chi connectivity index (χ4n) is 4.28. The number of rotatable bonds is 6. The van der Waals surface area contributed by atoms with Gasteiger partial charge in [-0.3, -0.25) is 19.6 Å². The van der Waals surface area contributed by atoms with Crippen molar-refractivity contribution in [3.63, 3.8) is 0 Å². The Morgan fingerprint density at radius 1 is 1.42 bits per heavy atom. The van der Waals surface area contributed by atoms with Gasteiger partial charge in [-0.05, 0) is 56.4 Å². The molecule has 0 bridgehead atoms. The topological polar surface area (TPSA) is 114 Å². The molecular formula is C22H29N5O3S. The second-order valence-electron chi connectivity index (χ2n) is 9.28. The number of hydrogen-bond donors (Lipinski definition) is 1. The zero-order valence-corrected chi connectivity index (χ0v) is 19.6. The van der Waals surface area contributed by atoms with Crippen molar-refractivity contribution >= 4 is 27.9 Å². The van der Waals surface area contributed by atoms with Crippen LogP contribution in [0.1, 0.15) is 67.4 Å². The molecule has 0 saturated heterocycles. The van der Waals surface area contributed by atoms with Gasteiger partial charge in [-0.2, -0.15) is 10.4 Å². The molecule has 1 aliphatic carbocycles. The highest BCUT2D eigenvalue weighted by Crippen LogP contribution is 2.44. The summed E-state index contributed by atoms with van der Waals surface area (Å²) in [5.41, 5.74) is 2.82. The Labute approximate surface area is 186 Å². The SMILES string of the molecule is Cc1nn(CCCC(=O)Nc2sc3c(c2C#N)CC[C@@H](C(C)(C)C)C3)c(C)c1[N+](=O)[O-]. The van der Waals surface area contributed by atoms with Gasteiger partial charge in [0, 0.05) is 17.8 Å². The Morgan fingerprint density at radius 3 is 2.71 bits per heavy atom. The number of anilines is 1. The van der Waals surface area contributed by atoms with E-state index < -0.39 is 4.92 Å². The third-order valence-corrected chi connectivity index (χ3v) is 7.32. The Hall–Kier alpha value is -2.73. The lowest BCUT2D eigenvalue weighted by Crippen LogP contribution is -2.26. The molecule has 0 unspecified atom stereocenters. The van der Waals surface area contributed by atoms with Gasteiger partial charge in [0.1, 0.15) is 22.5 Å². The van der Waals surface area contributed by atoms with Crippen molar-refractivity contribution in [2.24, 2.45) is 11.3 Å². The summed E-state index contributed by atoms with van der Waals surface area (Å²) in [5, 5.41) is 28.6. The van der Waals surface area contributed by atoms with Crippen LogP contribution in [0.25, 0.3) is 0 Å². The first-order valence-corrected chi connectivity index (χ1v) is 11.4. The van der Waals surface area contributed by atoms with Gasteiger partial charge >= 0.3 is 5.69 Å². The Kier molecular flexibility index (Phi) is 6.51. The number of nitro groups is 1. The number of amides is 1. The molecule has 8 nitrogen and oxygen atoms in total. The van der Waals surface area contributed by atoms with Gasteiger partial charge in [0.15, 0.2) is 0 Å². The Morgan fingerprint density at radius 2 is 2.13 bits per heavy atom. The molecule has 0 radical (unpaired) electrons. The number of fused-ring (bicyclic) bond motifs is 1. The van der Waals surface area contributed by atoms with Crippen LogP contribution in [0.2, 0.25) is 0 Å². The normalized spacial score (nSPS) is 15.9. The minimum absolute atomic E-state index is 0.0286. The maximum Gasteiger partial charge on any atom is 0.312 e. The van der Waals surface area contributed by atoms with E-state index in [1.807, 2.05) is 0 Å². The summed E-state index contributed by atoms with van der Waals surface area (Å²) in [6.45, 7) is 10.5. The van der Waals surface area contributed by atoms with E-state index in [4.69, 9.17) is 0 Å². The number of nitriles is 1. The summed E-state index contributed by atoms with van der Waals surface area (Å²) in [7, 11) is 0. The van der Waals surface area contributed by atoms with Crippen LogP contribution in [0.5, 0.6) is 0 Å². The van der Waals surface area contributed by atoms with Crippen LogP contribution in [-0.4, -0.2) is 20.6 Å². The molecule has 2 heterocycles. The molecule has 166 valence electrons. The van der Waals surface area contributed by atoms with Crippen molar-refractivity contribution < 1.29 is 9.72 Å². The summed E-state index contributed by atoms with van der Waals surface area (Å²) in [4.78, 5) is 24.4. The predicted octanol–water partition coefficient (Wildman–Crippen LogP) is 4.91. The van der Waals surface area contributed by atoms with Crippen molar-refractivity contribution in [3.05, 3.63) is 37.5 Å². The second-order valence-corrected chi connectivity index (χ2v) is 10.4. The van der Waals surface area contributed by atoms with E-state index in [2.05, 4.69) is 37.3 Å². The molecule has 3 rings (SSSR count). The van der Waals surface area contributed by atoms with E-state index in [0.29, 0.717) is 40.8 Å². The summed E-state index contributed by atoms with van der Waals surface area (Å²) >= 11 is 1.53. The van der Waals surface area contributed by atoms with Crippen molar-refractivity contribution in [3.8, 4) is 6.07 Å². The first kappa shape index (κ1) is 22.9. The Balaban J connectivity index is 1.63. The van der Waals surface area contributed by atoms with E-state index in [1.54, 1.807) is 18.5 Å². The number of carbonyl (C=O) groups is 1. The van der Waals surface area contributed by atoms with E-state index in [-0.39, 0.29) is 23.4 Å². The first-order chi connectivity index (χ1) is 14.5. The quantitative estimate of drug-likeness (QED) is 0.503. The van der Waals surface area contributed by atoms with Gasteiger partial charge in [-0.1, -0.05) is 20.8 Å². The van der Waals surface area contributed by atoms with Gasteiger partial charge in [0.05, 0.1) is 10.5 Å². The molecule has 31 heavy (non-hydrogen) atoms. The molecule has 1 atom stereocenters. The second kappa shape index (κ2) is 8.79. The molecule has 0 aromatic carbocycles. The van der Waals surface area contributed by atoms with Crippen molar-refractivity contribution in [1.82, 2.24) is 9.78 Å². The van der Waals surface area contributed by atoms with Crippen molar-refractivity contribution in [2.75, 3.05) is 5.32 Å². The number of nitrogens with zero attached hydrogens (tertiary/aromatic N) is 4. The largest absolute Gasteiger partial charge is 0.317 e. The van der Waals surface area contributed by atoms with E-state index in [9.17, 15) is 20.2 Å². The lowest BCUT2D eigenvalue weighted by molar-refractivity contribution is -0.386. The number of thiophene rings is 1. The van der Waals surface area contributed by atoms with Crippen LogP contribution in [-0.2, 0) is 24.2 Å². The fraction of sp³-hybridized carbons (Fsp3) is 0.591. The zero-order chi connectivity index (χ0) is 22.9. The molecular weight excluding hydrogens is 414 g/mol. The molecule has 9 heteroatoms. The molecule has 1 amide bonds. The average Bonchev–Trinajstić information content (AvgIpc) is 3.16. The molecule has 2 aromatic rings. The molecule has 2 aromatic heterocycles. The van der Waals surface area contributed by atoms with Crippen LogP contribution in [0, 0.1) is 46.6 Å². The minimum atomic E-state index is -0.424. The number of nitrogens with one attached hydrogen (secondary N) is 1. The minimum Gasteiger partial charge on any atom is -0.317 e. The smallest absolute Gasteiger partial charge is 0.312 e. The van der Waals surface area contributed by atoms with Gasteiger partial charge in [0.2, 0.25) is 5.91 Å². The Bertz CT molecular complexity index is 1050. The highest BCUT2D eigenvalue weighted by atomic mass is 32.1. The van der Waals surface area contributed by atoms with Gasteiger partial charge in [0.25, 0.3) is 0 Å². The van der Waals surface area contributed by atoms with Crippen LogP contribution in [0.4, 0.5) is 10.7 Å². The molecule has 1 N–H and O–H groups in total. The maximum atomic E-state index is 12.5. The first-order valence-electron chi connectivity index (χ1n) is 10.6. The van der Waals surface area contributed by atoms with E-state index in [0.717, 1.165) is 24.8 Å². The van der Waals surface area contributed by atoms with E-state index in [1.165, 1.54) is 16.2 Å². The zero-order valence-electron chi connectivity index (χ0n) is 18.7. The summed E-state index contributed by atoms with van der Waals surface area (Å²) < 4.78 is 1.58. The number of aryl methyl sites for hydroxylation is 2. The summed E-state index contributed by atoms with van der Waals surface area (Å²) in [6, 6.07) is 2.29. The highest BCUT2D eigenvalue weighted by Gasteiger charge is 2.32. The molecule has 0 saturated carbocycles. The molecule has 1 aliphatic rings. The number of aromatic nitrogens is 2. The van der Waals surface area contributed by atoms with Crippen molar-refractivity contribution in [1.29, 1.82) is 5.26 Å². The third kappa shape index (κ3) is 4.79. The number of hydrogen-bond acceptors (Lipinski definition) is 6. The van der Waals surface area contributed by atoms with Crippen LogP contribution < -0.4 is 5.32 Å². The predicted molar refractivity (Wildman–Crippen MR) is 120 cm³/mol. The van der Waals surface area contributed by atoms with Gasteiger partial charge < -0.3 is 5.32 Å². The molecule has 0 aliphatic heterocycles. The maximum absolute atomic E-state index is 12.5. The third-order valence-electron chi connectivity index (χ3n) is 6.15. The summed E-state index contributed by atoms with van der Waals surface area (Å²) in [6.07, 6.45) is 3.65. The number of carbonyl (C=O) groups excluding carboxylic acids is 1. The van der Waals surface area contributed by atoms with Crippen LogP contribution >= 0.6 is 11.3 Å². The lowest BCUT2D eigenvalue weighted by Gasteiger charge is -2.33. The lowest BCUT2D eigenvalue weighted by atomic mass is 9.72. The van der Waals surface area contributed by atoms with Crippen LogP contribution in [0.3, 0.4) is 0 Å². The monoisotopic (exact) mass is 443 g/mol. The summed E-state index contributed by atoms with van der Waals surface area (Å²) in [5.74, 6) is 0.414. The van der Waals surface area contributed by atoms with Crippen molar-refractivity contribution in [2.45, 2.75) is 73.3 Å². The van der Waals surface area contributed by atoms with Gasteiger partial charge in [-0.25, -0.2) is 0 Å². The standard InChI is InChI=1S/C22H29N5O3S/c1-13-20(27(29)30)14(2)26(25-13)10-6-7-19(28)24-21-17(12-23)16-9-8-15(22(3,4)5)11-18(16)31-21/h15H,6-11H2,1-5H3,(H,24,28)/t15-/m1/s1. The average molecular weight is 444 g/mol. The van der Waals surface area contributed by atoms with Crippen LogP contribution in [0.15, 0.2) is 0 Å². The highest BCUT2D eigenvalue weighted by molar-refractivity contribution is 7.16. The molecule has 0 fully saturated rings.